The molecular weight excluding hydrogens is 470 g/mol. The lowest BCUT2D eigenvalue weighted by Crippen LogP contribution is -2.69. The van der Waals surface area contributed by atoms with Gasteiger partial charge in [-0.05, 0) is 71.2 Å². The molecule has 0 spiro atoms. The number of allylic oxidation sites excluding steroid dienone is 2. The SMILES string of the molecule is CC(C)(C)OC(=O)C1=C(/C=C/c2cnc3ccccc3c2)CC2CN(C(=O)OC(C)(C)C)C3C(=O)N1[C@H]23. The van der Waals surface area contributed by atoms with Crippen LogP contribution in [0.1, 0.15) is 53.5 Å². The van der Waals surface area contributed by atoms with Crippen molar-refractivity contribution in [3.05, 3.63) is 59.4 Å². The van der Waals surface area contributed by atoms with Crippen molar-refractivity contribution in [1.82, 2.24) is 14.8 Å². The average molecular weight is 504 g/mol. The fraction of sp³-hybridized carbons (Fsp3) is 0.448. The lowest BCUT2D eigenvalue weighted by atomic mass is 9.79. The summed E-state index contributed by atoms with van der Waals surface area (Å²) in [7, 11) is 0. The smallest absolute Gasteiger partial charge is 0.411 e. The summed E-state index contributed by atoms with van der Waals surface area (Å²) in [5, 5.41) is 1.01. The van der Waals surface area contributed by atoms with E-state index < -0.39 is 29.3 Å². The summed E-state index contributed by atoms with van der Waals surface area (Å²) in [6.45, 7) is 11.2. The maximum Gasteiger partial charge on any atom is 0.411 e. The Hall–Kier alpha value is -3.68. The number of amides is 2. The number of rotatable bonds is 3. The zero-order valence-electron chi connectivity index (χ0n) is 22.1. The van der Waals surface area contributed by atoms with Crippen molar-refractivity contribution in [1.29, 1.82) is 0 Å². The number of carbonyl (C=O) groups is 3. The third kappa shape index (κ3) is 4.72. The third-order valence-electron chi connectivity index (χ3n) is 6.70. The second-order valence-corrected chi connectivity index (χ2v) is 11.9. The number of fused-ring (bicyclic) bond motifs is 1. The summed E-state index contributed by atoms with van der Waals surface area (Å²) in [5.41, 5.74) is 1.36. The Balaban J connectivity index is 1.48. The number of aromatic nitrogens is 1. The van der Waals surface area contributed by atoms with Gasteiger partial charge in [0.2, 0.25) is 0 Å². The van der Waals surface area contributed by atoms with Gasteiger partial charge in [-0.25, -0.2) is 9.59 Å². The first-order chi connectivity index (χ1) is 17.3. The van der Waals surface area contributed by atoms with Crippen molar-refractivity contribution in [2.75, 3.05) is 6.54 Å². The maximum absolute atomic E-state index is 13.4. The number of hydrogen-bond acceptors (Lipinski definition) is 6. The molecule has 3 atom stereocenters. The van der Waals surface area contributed by atoms with E-state index in [0.29, 0.717) is 18.5 Å². The molecule has 0 aliphatic carbocycles. The van der Waals surface area contributed by atoms with E-state index in [1.165, 1.54) is 9.80 Å². The zero-order valence-corrected chi connectivity index (χ0v) is 22.1. The number of likely N-dealkylation sites (tertiary alicyclic amines) is 1. The van der Waals surface area contributed by atoms with Crippen LogP contribution < -0.4 is 0 Å². The monoisotopic (exact) mass is 503 g/mol. The summed E-state index contributed by atoms with van der Waals surface area (Å²) in [4.78, 5) is 47.2. The highest BCUT2D eigenvalue weighted by Crippen LogP contribution is 2.48. The molecule has 1 aromatic carbocycles. The van der Waals surface area contributed by atoms with E-state index in [4.69, 9.17) is 9.47 Å². The average Bonchev–Trinajstić information content (AvgIpc) is 3.16. The van der Waals surface area contributed by atoms with Gasteiger partial charge in [0.15, 0.2) is 0 Å². The van der Waals surface area contributed by atoms with Gasteiger partial charge in [0.1, 0.15) is 22.9 Å². The van der Waals surface area contributed by atoms with E-state index in [-0.39, 0.29) is 23.6 Å². The molecule has 0 N–H and O–H groups in total. The number of pyridine rings is 1. The molecule has 194 valence electrons. The molecule has 3 aliphatic rings. The second kappa shape index (κ2) is 8.71. The Labute approximate surface area is 216 Å². The first-order valence-electron chi connectivity index (χ1n) is 12.6. The number of β-lactam (4-membered cyclic amide) rings is 1. The number of ether oxygens (including phenoxy) is 2. The lowest BCUT2D eigenvalue weighted by Gasteiger charge is -2.50. The normalized spacial score (nSPS) is 23.4. The lowest BCUT2D eigenvalue weighted by molar-refractivity contribution is -0.163. The first-order valence-corrected chi connectivity index (χ1v) is 12.6. The van der Waals surface area contributed by atoms with Gasteiger partial charge >= 0.3 is 12.1 Å². The molecule has 37 heavy (non-hydrogen) atoms. The van der Waals surface area contributed by atoms with Crippen molar-refractivity contribution in [2.24, 2.45) is 5.92 Å². The Bertz CT molecular complexity index is 1350. The largest absolute Gasteiger partial charge is 0.455 e. The van der Waals surface area contributed by atoms with Crippen molar-refractivity contribution < 1.29 is 23.9 Å². The molecule has 2 amide bonds. The molecular formula is C29H33N3O5. The molecule has 4 heterocycles. The summed E-state index contributed by atoms with van der Waals surface area (Å²) in [6, 6.07) is 9.01. The highest BCUT2D eigenvalue weighted by atomic mass is 16.6. The van der Waals surface area contributed by atoms with Gasteiger partial charge in [-0.15, -0.1) is 0 Å². The molecule has 5 rings (SSSR count). The van der Waals surface area contributed by atoms with Gasteiger partial charge in [-0.2, -0.15) is 0 Å². The maximum atomic E-state index is 13.4. The Morgan fingerprint density at radius 2 is 1.73 bits per heavy atom. The van der Waals surface area contributed by atoms with Crippen LogP contribution in [0.25, 0.3) is 17.0 Å². The molecule has 8 nitrogen and oxygen atoms in total. The zero-order chi connectivity index (χ0) is 26.7. The van der Waals surface area contributed by atoms with Crippen molar-refractivity contribution in [3.8, 4) is 0 Å². The van der Waals surface area contributed by atoms with Gasteiger partial charge in [0, 0.05) is 24.0 Å². The molecule has 0 bridgehead atoms. The van der Waals surface area contributed by atoms with E-state index in [1.54, 1.807) is 47.7 Å². The fourth-order valence-electron chi connectivity index (χ4n) is 5.32. The predicted octanol–water partition coefficient (Wildman–Crippen LogP) is 4.69. The molecule has 8 heteroatoms. The van der Waals surface area contributed by atoms with Crippen molar-refractivity contribution in [2.45, 2.75) is 71.2 Å². The van der Waals surface area contributed by atoms with Gasteiger partial charge in [0.05, 0.1) is 11.6 Å². The third-order valence-corrected chi connectivity index (χ3v) is 6.70. The molecule has 2 saturated heterocycles. The number of carbonyl (C=O) groups excluding carboxylic acids is 3. The minimum Gasteiger partial charge on any atom is -0.455 e. The van der Waals surface area contributed by atoms with Gasteiger partial charge in [-0.3, -0.25) is 19.6 Å². The van der Waals surface area contributed by atoms with Crippen LogP contribution in [0.4, 0.5) is 4.79 Å². The molecule has 2 unspecified atom stereocenters. The summed E-state index contributed by atoms with van der Waals surface area (Å²) in [6.07, 6.45) is 5.59. The first kappa shape index (κ1) is 25.0. The van der Waals surface area contributed by atoms with Crippen LogP contribution in [0.5, 0.6) is 0 Å². The molecule has 3 aliphatic heterocycles. The van der Waals surface area contributed by atoms with E-state index in [1.807, 2.05) is 42.5 Å². The van der Waals surface area contributed by atoms with Crippen LogP contribution in [0.2, 0.25) is 0 Å². The van der Waals surface area contributed by atoms with Crippen LogP contribution in [0, 0.1) is 5.92 Å². The molecule has 2 aromatic rings. The highest BCUT2D eigenvalue weighted by molar-refractivity contribution is 6.03. The standard InChI is InChI=1S/C29H33N3O5/c1-28(2,3)36-26(34)23-19(12-11-17-13-18-9-7-8-10-21(18)30-15-17)14-20-16-31(27(35)37-29(4,5)6)24-22(20)32(23)25(24)33/h7-13,15,20,22,24H,14,16H2,1-6H3/b12-11+/t20?,22-,24?/m1/s1. The number of para-hydroxylation sites is 1. The quantitative estimate of drug-likeness (QED) is 0.446. The Morgan fingerprint density at radius 1 is 1.03 bits per heavy atom. The number of esters is 1. The number of benzene rings is 1. The minimum atomic E-state index is -0.719. The summed E-state index contributed by atoms with van der Waals surface area (Å²) >= 11 is 0. The Morgan fingerprint density at radius 3 is 2.43 bits per heavy atom. The summed E-state index contributed by atoms with van der Waals surface area (Å²) in [5.74, 6) is -0.822. The summed E-state index contributed by atoms with van der Waals surface area (Å²) < 4.78 is 11.3. The highest BCUT2D eigenvalue weighted by Gasteiger charge is 2.64. The van der Waals surface area contributed by atoms with Crippen LogP contribution in [0.3, 0.4) is 0 Å². The van der Waals surface area contributed by atoms with Gasteiger partial charge < -0.3 is 9.47 Å². The van der Waals surface area contributed by atoms with Gasteiger partial charge in [-0.1, -0.05) is 30.4 Å². The molecule has 1 aromatic heterocycles. The van der Waals surface area contributed by atoms with Crippen LogP contribution in [-0.4, -0.2) is 62.6 Å². The van der Waals surface area contributed by atoms with Crippen LogP contribution in [-0.2, 0) is 19.1 Å². The van der Waals surface area contributed by atoms with Crippen LogP contribution in [0.15, 0.2) is 53.9 Å². The molecule has 2 fully saturated rings. The van der Waals surface area contributed by atoms with E-state index in [0.717, 1.165) is 16.5 Å². The minimum absolute atomic E-state index is 0.00390. The van der Waals surface area contributed by atoms with E-state index in [9.17, 15) is 14.4 Å². The Kier molecular flexibility index (Phi) is 5.89. The number of nitrogens with zero attached hydrogens (tertiary/aromatic N) is 3. The van der Waals surface area contributed by atoms with Crippen molar-refractivity contribution >= 4 is 34.9 Å². The van der Waals surface area contributed by atoms with Gasteiger partial charge in [0.25, 0.3) is 5.91 Å². The van der Waals surface area contributed by atoms with Crippen molar-refractivity contribution in [3.63, 3.8) is 0 Å². The topological polar surface area (TPSA) is 89.0 Å². The van der Waals surface area contributed by atoms with Crippen LogP contribution >= 0.6 is 0 Å². The second-order valence-electron chi connectivity index (χ2n) is 11.9. The predicted molar refractivity (Wildman–Crippen MR) is 139 cm³/mol. The molecule has 0 saturated carbocycles. The fourth-order valence-corrected chi connectivity index (χ4v) is 5.32. The molecule has 0 radical (unpaired) electrons. The van der Waals surface area contributed by atoms with E-state index in [2.05, 4.69) is 4.98 Å². The van der Waals surface area contributed by atoms with E-state index >= 15 is 0 Å². The number of hydrogen-bond donors (Lipinski definition) is 0.